The van der Waals surface area contributed by atoms with Gasteiger partial charge in [0.15, 0.2) is 5.82 Å². The number of Topliss-reactive ketones (excluding diaryl/α,β-unsaturated/α-hetero) is 1. The minimum Gasteiger partial charge on any atom is -0.507 e. The van der Waals surface area contributed by atoms with Gasteiger partial charge < -0.3 is 14.4 Å². The van der Waals surface area contributed by atoms with Gasteiger partial charge in [-0.1, -0.05) is 41.9 Å². The molecule has 1 aliphatic heterocycles. The number of aliphatic hydroxyl groups is 1. The van der Waals surface area contributed by atoms with Gasteiger partial charge in [-0.15, -0.1) is 0 Å². The van der Waals surface area contributed by atoms with Crippen molar-refractivity contribution in [2.75, 3.05) is 11.5 Å². The van der Waals surface area contributed by atoms with Crippen LogP contribution in [-0.2, 0) is 9.59 Å². The first-order valence-electron chi connectivity index (χ1n) is 10.4. The van der Waals surface area contributed by atoms with E-state index in [1.807, 2.05) is 38.1 Å². The quantitative estimate of drug-likeness (QED) is 0.345. The van der Waals surface area contributed by atoms with Crippen LogP contribution in [-0.4, -0.2) is 28.6 Å². The minimum atomic E-state index is -0.837. The van der Waals surface area contributed by atoms with E-state index in [4.69, 9.17) is 9.26 Å². The van der Waals surface area contributed by atoms with E-state index in [2.05, 4.69) is 5.16 Å². The SMILES string of the molecule is CCCOc1ccc(C(O)=C2C(=O)C(=O)N(c3cc(C)on3)[C@@H]2c2ccc(C)cc2)cc1. The molecule has 0 bridgehead atoms. The number of nitrogens with zero attached hydrogens (tertiary/aromatic N) is 2. The van der Waals surface area contributed by atoms with Crippen LogP contribution >= 0.6 is 0 Å². The Hall–Kier alpha value is -3.87. The fourth-order valence-corrected chi connectivity index (χ4v) is 3.68. The molecule has 1 aromatic heterocycles. The lowest BCUT2D eigenvalue weighted by Crippen LogP contribution is -2.29. The highest BCUT2D eigenvalue weighted by atomic mass is 16.5. The number of hydrogen-bond donors (Lipinski definition) is 1. The Bertz CT molecular complexity index is 1180. The number of aliphatic hydroxyl groups excluding tert-OH is 1. The Balaban J connectivity index is 1.83. The summed E-state index contributed by atoms with van der Waals surface area (Å²) < 4.78 is 10.7. The number of hydrogen-bond acceptors (Lipinski definition) is 6. The minimum absolute atomic E-state index is 0.00160. The van der Waals surface area contributed by atoms with Gasteiger partial charge in [0.05, 0.1) is 18.2 Å². The molecule has 0 unspecified atom stereocenters. The summed E-state index contributed by atoms with van der Waals surface area (Å²) in [5.74, 6) is -0.409. The molecule has 1 aliphatic rings. The zero-order valence-corrected chi connectivity index (χ0v) is 18.2. The van der Waals surface area contributed by atoms with Gasteiger partial charge in [-0.2, -0.15) is 0 Å². The van der Waals surface area contributed by atoms with Gasteiger partial charge in [0.2, 0.25) is 0 Å². The fourth-order valence-electron chi connectivity index (χ4n) is 3.68. The molecule has 0 spiro atoms. The van der Waals surface area contributed by atoms with Crippen molar-refractivity contribution < 1.29 is 24.0 Å². The molecule has 1 fully saturated rings. The van der Waals surface area contributed by atoms with E-state index in [1.54, 1.807) is 37.3 Å². The van der Waals surface area contributed by atoms with E-state index >= 15 is 0 Å². The van der Waals surface area contributed by atoms with Crippen molar-refractivity contribution in [3.63, 3.8) is 0 Å². The lowest BCUT2D eigenvalue weighted by Gasteiger charge is -2.23. The first kappa shape index (κ1) is 21.4. The van der Waals surface area contributed by atoms with Crippen LogP contribution in [0.4, 0.5) is 5.82 Å². The van der Waals surface area contributed by atoms with Gasteiger partial charge in [-0.25, -0.2) is 0 Å². The molecule has 7 heteroatoms. The lowest BCUT2D eigenvalue weighted by molar-refractivity contribution is -0.132. The van der Waals surface area contributed by atoms with Crippen LogP contribution in [0.2, 0.25) is 0 Å². The normalized spacial score (nSPS) is 17.7. The summed E-state index contributed by atoms with van der Waals surface area (Å²) in [4.78, 5) is 27.4. The first-order chi connectivity index (χ1) is 15.4. The molecule has 1 amide bonds. The summed E-state index contributed by atoms with van der Waals surface area (Å²) >= 11 is 0. The number of anilines is 1. The van der Waals surface area contributed by atoms with E-state index < -0.39 is 17.7 Å². The zero-order chi connectivity index (χ0) is 22.8. The Morgan fingerprint density at radius 2 is 1.78 bits per heavy atom. The smallest absolute Gasteiger partial charge is 0.301 e. The van der Waals surface area contributed by atoms with E-state index in [9.17, 15) is 14.7 Å². The molecule has 4 rings (SSSR count). The van der Waals surface area contributed by atoms with Crippen molar-refractivity contribution in [3.05, 3.63) is 82.6 Å². The van der Waals surface area contributed by atoms with Crippen LogP contribution in [0.1, 0.15) is 41.8 Å². The maximum atomic E-state index is 13.1. The molecule has 1 N–H and O–H groups in total. The predicted molar refractivity (Wildman–Crippen MR) is 119 cm³/mol. The predicted octanol–water partition coefficient (Wildman–Crippen LogP) is 4.71. The zero-order valence-electron chi connectivity index (χ0n) is 18.2. The Kier molecular flexibility index (Phi) is 5.81. The highest BCUT2D eigenvalue weighted by Crippen LogP contribution is 2.42. The second-order valence-corrected chi connectivity index (χ2v) is 7.75. The average Bonchev–Trinajstić information content (AvgIpc) is 3.33. The number of benzene rings is 2. The molecule has 2 aromatic carbocycles. The molecule has 32 heavy (non-hydrogen) atoms. The van der Waals surface area contributed by atoms with E-state index in [0.717, 1.165) is 12.0 Å². The number of amides is 1. The van der Waals surface area contributed by atoms with Crippen molar-refractivity contribution in [2.45, 2.75) is 33.2 Å². The number of aryl methyl sites for hydroxylation is 2. The summed E-state index contributed by atoms with van der Waals surface area (Å²) in [5.41, 5.74) is 2.13. The second kappa shape index (κ2) is 8.70. The topological polar surface area (TPSA) is 92.9 Å². The molecule has 1 saturated heterocycles. The molecule has 0 radical (unpaired) electrons. The third-order valence-corrected chi connectivity index (χ3v) is 5.30. The van der Waals surface area contributed by atoms with Crippen LogP contribution in [0.5, 0.6) is 5.75 Å². The molecule has 0 saturated carbocycles. The van der Waals surface area contributed by atoms with Crippen LogP contribution in [0.15, 0.2) is 64.7 Å². The number of aromatic nitrogens is 1. The van der Waals surface area contributed by atoms with Crippen LogP contribution < -0.4 is 9.64 Å². The molecule has 0 aliphatic carbocycles. The Labute approximate surface area is 185 Å². The second-order valence-electron chi connectivity index (χ2n) is 7.75. The monoisotopic (exact) mass is 432 g/mol. The van der Waals surface area contributed by atoms with Gasteiger partial charge in [-0.3, -0.25) is 14.5 Å². The summed E-state index contributed by atoms with van der Waals surface area (Å²) in [6.45, 7) is 6.25. The highest BCUT2D eigenvalue weighted by molar-refractivity contribution is 6.51. The van der Waals surface area contributed by atoms with Crippen molar-refractivity contribution in [2.24, 2.45) is 0 Å². The summed E-state index contributed by atoms with van der Waals surface area (Å²) in [5, 5.41) is 15.1. The molecule has 7 nitrogen and oxygen atoms in total. The first-order valence-corrected chi connectivity index (χ1v) is 10.4. The van der Waals surface area contributed by atoms with Crippen LogP contribution in [0.25, 0.3) is 5.76 Å². The van der Waals surface area contributed by atoms with Gasteiger partial charge >= 0.3 is 5.91 Å². The Morgan fingerprint density at radius 3 is 2.38 bits per heavy atom. The number of carbonyl (C=O) groups excluding carboxylic acids is 2. The number of ketones is 1. The third-order valence-electron chi connectivity index (χ3n) is 5.30. The lowest BCUT2D eigenvalue weighted by atomic mass is 9.94. The van der Waals surface area contributed by atoms with Gasteiger partial charge in [0.1, 0.15) is 17.3 Å². The molecular weight excluding hydrogens is 408 g/mol. The van der Waals surface area contributed by atoms with Gasteiger partial charge in [-0.05, 0) is 50.1 Å². The van der Waals surface area contributed by atoms with Crippen molar-refractivity contribution in [1.82, 2.24) is 5.16 Å². The molecular formula is C25H24N2O5. The molecule has 164 valence electrons. The number of ether oxygens (including phenoxy) is 1. The maximum absolute atomic E-state index is 13.1. The summed E-state index contributed by atoms with van der Waals surface area (Å²) in [7, 11) is 0. The largest absolute Gasteiger partial charge is 0.507 e. The van der Waals surface area contributed by atoms with Crippen LogP contribution in [0.3, 0.4) is 0 Å². The molecule has 2 heterocycles. The van der Waals surface area contributed by atoms with E-state index in [-0.39, 0.29) is 17.2 Å². The molecule has 1 atom stereocenters. The van der Waals surface area contributed by atoms with Crippen molar-refractivity contribution >= 4 is 23.3 Å². The summed E-state index contributed by atoms with van der Waals surface area (Å²) in [6.07, 6.45) is 0.878. The maximum Gasteiger partial charge on any atom is 0.301 e. The van der Waals surface area contributed by atoms with Crippen LogP contribution in [0, 0.1) is 13.8 Å². The standard InChI is InChI=1S/C25H24N2O5/c1-4-13-31-19-11-9-18(10-12-19)23(28)21-22(17-7-5-15(2)6-8-17)27(25(30)24(21)29)20-14-16(3)32-26-20/h5-12,14,22,28H,4,13H2,1-3H3/t22-/m1/s1. The summed E-state index contributed by atoms with van der Waals surface area (Å²) in [6, 6.07) is 15.0. The molecule has 3 aromatic rings. The number of carbonyl (C=O) groups is 2. The van der Waals surface area contributed by atoms with Gasteiger partial charge in [0.25, 0.3) is 5.78 Å². The van der Waals surface area contributed by atoms with E-state index in [1.165, 1.54) is 4.90 Å². The van der Waals surface area contributed by atoms with E-state index in [0.29, 0.717) is 29.2 Å². The van der Waals surface area contributed by atoms with Crippen molar-refractivity contribution in [1.29, 1.82) is 0 Å². The number of rotatable bonds is 6. The fraction of sp³-hybridized carbons (Fsp3) is 0.240. The average molecular weight is 432 g/mol. The van der Waals surface area contributed by atoms with Crippen molar-refractivity contribution in [3.8, 4) is 5.75 Å². The Morgan fingerprint density at radius 1 is 1.09 bits per heavy atom. The third kappa shape index (κ3) is 3.89. The van der Waals surface area contributed by atoms with Gasteiger partial charge in [0, 0.05) is 11.6 Å². The highest BCUT2D eigenvalue weighted by Gasteiger charge is 2.48.